The van der Waals surface area contributed by atoms with Crippen molar-refractivity contribution >= 4 is 6.09 Å². The largest absolute Gasteiger partial charge is 0.446 e. The van der Waals surface area contributed by atoms with Gasteiger partial charge in [0.15, 0.2) is 12.0 Å². The Morgan fingerprint density at radius 2 is 2.17 bits per heavy atom. The number of azo groups is 1. The number of hydrogen-bond acceptors (Lipinski definition) is 8. The molecule has 0 spiro atoms. The highest BCUT2D eigenvalue weighted by Gasteiger charge is 2.18. The number of aliphatic hydroxyl groups is 1. The van der Waals surface area contributed by atoms with Crippen molar-refractivity contribution in [3.05, 3.63) is 36.1 Å². The van der Waals surface area contributed by atoms with Crippen LogP contribution in [0.1, 0.15) is 70.2 Å². The molecule has 1 saturated carbocycles. The quantitative estimate of drug-likeness (QED) is 0.286. The van der Waals surface area contributed by atoms with E-state index in [9.17, 15) is 9.90 Å². The van der Waals surface area contributed by atoms with Crippen molar-refractivity contribution in [1.29, 1.82) is 0 Å². The average Bonchev–Trinajstić information content (AvgIpc) is 3.23. The number of ether oxygens (including phenoxy) is 1. The first-order chi connectivity index (χ1) is 14.5. The van der Waals surface area contributed by atoms with E-state index in [1.165, 1.54) is 6.42 Å². The zero-order chi connectivity index (χ0) is 21.8. The summed E-state index contributed by atoms with van der Waals surface area (Å²) in [6.45, 7) is 6.37. The standard InChI is InChI=1S/C20H33N7O3/c1-4-18(22-20(29)30-16-11-6-5-7-12-16)25-23-15(2)10-8-9-13-27-14-17(24-26-27)19(28)21-3/h4,14,16,19,21,28H,2,5-13H2,1,3H3,(H,22,29)/b18-4-,25-23-. The predicted molar refractivity (Wildman–Crippen MR) is 112 cm³/mol. The van der Waals surface area contributed by atoms with Gasteiger partial charge in [-0.15, -0.1) is 10.2 Å². The van der Waals surface area contributed by atoms with Crippen molar-refractivity contribution in [3.63, 3.8) is 0 Å². The molecule has 1 heterocycles. The fourth-order valence-electron chi connectivity index (χ4n) is 3.10. The predicted octanol–water partition coefficient (Wildman–Crippen LogP) is 3.54. The minimum Gasteiger partial charge on any atom is -0.446 e. The number of aryl methyl sites for hydroxylation is 1. The molecular formula is C20H33N7O3. The average molecular weight is 420 g/mol. The summed E-state index contributed by atoms with van der Waals surface area (Å²) in [6, 6.07) is 0. The molecule has 1 aliphatic carbocycles. The number of aromatic nitrogens is 3. The van der Waals surface area contributed by atoms with Crippen LogP contribution >= 0.6 is 0 Å². The first-order valence-electron chi connectivity index (χ1n) is 10.5. The van der Waals surface area contributed by atoms with Gasteiger partial charge in [-0.05, 0) is 65.0 Å². The van der Waals surface area contributed by atoms with E-state index in [2.05, 4.69) is 37.8 Å². The van der Waals surface area contributed by atoms with Crippen LogP contribution in [-0.4, -0.2) is 39.3 Å². The van der Waals surface area contributed by atoms with Crippen molar-refractivity contribution < 1.29 is 14.6 Å². The van der Waals surface area contributed by atoms with Gasteiger partial charge in [-0.1, -0.05) is 18.2 Å². The Balaban J connectivity index is 1.65. The minimum atomic E-state index is -0.812. The van der Waals surface area contributed by atoms with E-state index in [1.54, 1.807) is 30.9 Å². The Labute approximate surface area is 177 Å². The highest BCUT2D eigenvalue weighted by Crippen LogP contribution is 2.20. The molecule has 1 atom stereocenters. The van der Waals surface area contributed by atoms with Crippen LogP contribution < -0.4 is 10.6 Å². The van der Waals surface area contributed by atoms with Gasteiger partial charge in [-0.25, -0.2) is 4.79 Å². The van der Waals surface area contributed by atoms with E-state index < -0.39 is 12.3 Å². The van der Waals surface area contributed by atoms with Gasteiger partial charge in [0.2, 0.25) is 0 Å². The van der Waals surface area contributed by atoms with Gasteiger partial charge >= 0.3 is 6.09 Å². The molecule has 0 radical (unpaired) electrons. The molecule has 0 aliphatic heterocycles. The molecule has 1 aromatic heterocycles. The molecule has 1 amide bonds. The molecule has 2 rings (SSSR count). The maximum Gasteiger partial charge on any atom is 0.413 e. The molecule has 3 N–H and O–H groups in total. The number of amides is 1. The number of carbonyl (C=O) groups excluding carboxylic acids is 1. The maximum atomic E-state index is 12.0. The minimum absolute atomic E-state index is 0.00803. The van der Waals surface area contributed by atoms with Gasteiger partial charge in [0.25, 0.3) is 0 Å². The highest BCUT2D eigenvalue weighted by molar-refractivity contribution is 5.69. The van der Waals surface area contributed by atoms with Crippen molar-refractivity contribution in [2.75, 3.05) is 7.05 Å². The molecular weight excluding hydrogens is 386 g/mol. The number of rotatable bonds is 11. The third-order valence-electron chi connectivity index (χ3n) is 4.84. The van der Waals surface area contributed by atoms with Gasteiger partial charge < -0.3 is 9.84 Å². The summed E-state index contributed by atoms with van der Waals surface area (Å²) in [5, 5.41) is 31.0. The molecule has 1 fully saturated rings. The van der Waals surface area contributed by atoms with Crippen LogP contribution in [0.4, 0.5) is 4.79 Å². The van der Waals surface area contributed by atoms with E-state index in [4.69, 9.17) is 4.74 Å². The summed E-state index contributed by atoms with van der Waals surface area (Å²) in [5.74, 6) is 0.343. The maximum absolute atomic E-state index is 12.0. The van der Waals surface area contributed by atoms with Crippen molar-refractivity contribution in [2.24, 2.45) is 10.2 Å². The van der Waals surface area contributed by atoms with Crippen LogP contribution in [-0.2, 0) is 11.3 Å². The molecule has 0 aromatic carbocycles. The summed E-state index contributed by atoms with van der Waals surface area (Å²) < 4.78 is 7.12. The van der Waals surface area contributed by atoms with Gasteiger partial charge in [-0.3, -0.25) is 15.3 Å². The Kier molecular flexibility index (Phi) is 10.2. The second-order valence-corrected chi connectivity index (χ2v) is 7.29. The number of alkyl carbamates (subject to hydrolysis) is 1. The van der Waals surface area contributed by atoms with E-state index in [0.29, 0.717) is 30.2 Å². The molecule has 0 saturated heterocycles. The van der Waals surface area contributed by atoms with Gasteiger partial charge in [0, 0.05) is 6.54 Å². The van der Waals surface area contributed by atoms with Crippen molar-refractivity contribution in [2.45, 2.75) is 77.2 Å². The Morgan fingerprint density at radius 1 is 1.40 bits per heavy atom. The summed E-state index contributed by atoms with van der Waals surface area (Å²) in [5.41, 5.74) is 1.12. The van der Waals surface area contributed by atoms with Gasteiger partial charge in [-0.2, -0.15) is 5.11 Å². The molecule has 10 heteroatoms. The van der Waals surface area contributed by atoms with E-state index in [0.717, 1.165) is 38.5 Å². The molecule has 1 aliphatic rings. The first kappa shape index (κ1) is 23.7. The van der Waals surface area contributed by atoms with Crippen LogP contribution in [0.5, 0.6) is 0 Å². The van der Waals surface area contributed by atoms with Crippen molar-refractivity contribution in [1.82, 2.24) is 25.6 Å². The fourth-order valence-corrected chi connectivity index (χ4v) is 3.10. The summed E-state index contributed by atoms with van der Waals surface area (Å²) in [7, 11) is 1.65. The Bertz CT molecular complexity index is 739. The monoisotopic (exact) mass is 419 g/mol. The van der Waals surface area contributed by atoms with Crippen LogP contribution in [0.3, 0.4) is 0 Å². The SMILES string of the molecule is C=C(CCCCn1cc(C(O)NC)nn1)/N=N\C(=C/C)NC(=O)OC1CCCCC1. The van der Waals surface area contributed by atoms with Gasteiger partial charge in [0.1, 0.15) is 11.8 Å². The molecule has 0 bridgehead atoms. The lowest BCUT2D eigenvalue weighted by atomic mass is 9.98. The Morgan fingerprint density at radius 3 is 2.87 bits per heavy atom. The van der Waals surface area contributed by atoms with Crippen molar-refractivity contribution in [3.8, 4) is 0 Å². The number of hydrogen-bond donors (Lipinski definition) is 3. The third kappa shape index (κ3) is 8.42. The van der Waals surface area contributed by atoms with Crippen LogP contribution in [0, 0.1) is 0 Å². The van der Waals surface area contributed by atoms with E-state index >= 15 is 0 Å². The molecule has 30 heavy (non-hydrogen) atoms. The third-order valence-corrected chi connectivity index (χ3v) is 4.84. The lowest BCUT2D eigenvalue weighted by Gasteiger charge is -2.21. The number of carbonyl (C=O) groups is 1. The van der Waals surface area contributed by atoms with E-state index in [-0.39, 0.29) is 6.10 Å². The number of nitrogens with one attached hydrogen (secondary N) is 2. The second kappa shape index (κ2) is 12.9. The molecule has 1 aromatic rings. The van der Waals surface area contributed by atoms with E-state index in [1.807, 2.05) is 0 Å². The Hall–Kier alpha value is -2.59. The van der Waals surface area contributed by atoms with Crippen LogP contribution in [0.25, 0.3) is 0 Å². The van der Waals surface area contributed by atoms with Gasteiger partial charge in [0.05, 0.1) is 11.9 Å². The normalized spacial score (nSPS) is 16.6. The summed E-state index contributed by atoms with van der Waals surface area (Å²) >= 11 is 0. The second-order valence-electron chi connectivity index (χ2n) is 7.29. The molecule has 10 nitrogen and oxygen atoms in total. The van der Waals surface area contributed by atoms with Crippen LogP contribution in [0.15, 0.2) is 40.6 Å². The number of aliphatic hydroxyl groups excluding tert-OH is 1. The number of allylic oxidation sites excluding steroid dienone is 2. The smallest absolute Gasteiger partial charge is 0.413 e. The lowest BCUT2D eigenvalue weighted by molar-refractivity contribution is 0.0772. The topological polar surface area (TPSA) is 126 Å². The summed E-state index contributed by atoms with van der Waals surface area (Å²) in [6.07, 6.45) is 9.70. The molecule has 166 valence electrons. The lowest BCUT2D eigenvalue weighted by Crippen LogP contribution is -2.29. The number of nitrogens with zero attached hydrogens (tertiary/aromatic N) is 5. The zero-order valence-electron chi connectivity index (χ0n) is 17.9. The first-order valence-corrected chi connectivity index (χ1v) is 10.5. The highest BCUT2D eigenvalue weighted by atomic mass is 16.6. The molecule has 1 unspecified atom stereocenters. The number of unbranched alkanes of at least 4 members (excludes halogenated alkanes) is 1. The fraction of sp³-hybridized carbons (Fsp3) is 0.650. The zero-order valence-corrected chi connectivity index (χ0v) is 17.9. The van der Waals surface area contributed by atoms with Crippen LogP contribution in [0.2, 0.25) is 0 Å². The summed E-state index contributed by atoms with van der Waals surface area (Å²) in [4.78, 5) is 12.0.